The van der Waals surface area contributed by atoms with Crippen LogP contribution < -0.4 is 10.1 Å². The largest absolute Gasteiger partial charge is 0.497 e. The van der Waals surface area contributed by atoms with Crippen molar-refractivity contribution in [1.29, 1.82) is 0 Å². The summed E-state index contributed by atoms with van der Waals surface area (Å²) in [6, 6.07) is 9.90. The second kappa shape index (κ2) is 8.55. The Morgan fingerprint density at radius 2 is 1.96 bits per heavy atom. The van der Waals surface area contributed by atoms with Gasteiger partial charge in [0.25, 0.3) is 0 Å². The highest BCUT2D eigenvalue weighted by Gasteiger charge is 2.05. The fourth-order valence-corrected chi connectivity index (χ4v) is 2.16. The van der Waals surface area contributed by atoms with Gasteiger partial charge in [-0.05, 0) is 35.9 Å². The van der Waals surface area contributed by atoms with Crippen LogP contribution in [0.4, 0.5) is 0 Å². The van der Waals surface area contributed by atoms with Crippen molar-refractivity contribution in [3.63, 3.8) is 0 Å². The summed E-state index contributed by atoms with van der Waals surface area (Å²) in [7, 11) is 1.68. The standard InChI is InChI=1S/C15H16N2O2.C2H2O4/c1-18-12-4-5-15-14(7-12)11(9-17-15)8-16-10-13-3-2-6-19-13;3-1(4)2(5)6/h2-7,9,16-17H,8,10H2,1H3;(H,3,4)(H,5,6). The van der Waals surface area contributed by atoms with Crippen LogP contribution in [0.3, 0.4) is 0 Å². The first-order valence-corrected chi connectivity index (χ1v) is 7.34. The van der Waals surface area contributed by atoms with Crippen LogP contribution in [-0.2, 0) is 22.7 Å². The maximum atomic E-state index is 9.10. The number of hydrogen-bond acceptors (Lipinski definition) is 5. The van der Waals surface area contributed by atoms with Gasteiger partial charge in [-0.2, -0.15) is 0 Å². The molecule has 0 saturated heterocycles. The Morgan fingerprint density at radius 3 is 2.56 bits per heavy atom. The van der Waals surface area contributed by atoms with E-state index in [9.17, 15) is 0 Å². The van der Waals surface area contributed by atoms with E-state index >= 15 is 0 Å². The van der Waals surface area contributed by atoms with Gasteiger partial charge < -0.3 is 29.7 Å². The number of fused-ring (bicyclic) bond motifs is 1. The molecule has 0 aliphatic carbocycles. The third kappa shape index (κ3) is 5.11. The van der Waals surface area contributed by atoms with Crippen molar-refractivity contribution in [3.8, 4) is 5.75 Å². The van der Waals surface area contributed by atoms with E-state index in [2.05, 4.69) is 16.4 Å². The molecule has 0 bridgehead atoms. The minimum absolute atomic E-state index is 0.726. The number of carboxylic acid groups (broad SMARTS) is 2. The van der Waals surface area contributed by atoms with Crippen molar-refractivity contribution in [2.75, 3.05) is 7.11 Å². The molecular weight excluding hydrogens is 328 g/mol. The molecule has 0 aliphatic heterocycles. The molecule has 8 heteroatoms. The van der Waals surface area contributed by atoms with Gasteiger partial charge >= 0.3 is 11.9 Å². The second-order valence-electron chi connectivity index (χ2n) is 5.02. The van der Waals surface area contributed by atoms with Crippen LogP contribution in [0.25, 0.3) is 10.9 Å². The number of carbonyl (C=O) groups is 2. The topological polar surface area (TPSA) is 125 Å². The van der Waals surface area contributed by atoms with Crippen molar-refractivity contribution in [2.24, 2.45) is 0 Å². The molecule has 2 heterocycles. The summed E-state index contributed by atoms with van der Waals surface area (Å²) in [6.07, 6.45) is 3.72. The van der Waals surface area contributed by atoms with E-state index in [1.165, 1.54) is 10.9 Å². The summed E-state index contributed by atoms with van der Waals surface area (Å²) in [6.45, 7) is 1.51. The number of aromatic nitrogens is 1. The van der Waals surface area contributed by atoms with Gasteiger partial charge in [0.05, 0.1) is 19.9 Å². The molecule has 4 N–H and O–H groups in total. The summed E-state index contributed by atoms with van der Waals surface area (Å²) < 4.78 is 10.5. The third-order valence-corrected chi connectivity index (χ3v) is 3.35. The summed E-state index contributed by atoms with van der Waals surface area (Å²) >= 11 is 0. The molecule has 8 nitrogen and oxygen atoms in total. The Morgan fingerprint density at radius 1 is 1.20 bits per heavy atom. The first-order valence-electron chi connectivity index (χ1n) is 7.34. The molecular formula is C17H18N2O6. The highest BCUT2D eigenvalue weighted by Crippen LogP contribution is 2.23. The lowest BCUT2D eigenvalue weighted by Gasteiger charge is -2.03. The molecule has 0 fully saturated rings. The van der Waals surface area contributed by atoms with Crippen molar-refractivity contribution in [1.82, 2.24) is 10.3 Å². The van der Waals surface area contributed by atoms with Crippen LogP contribution in [0.1, 0.15) is 11.3 Å². The average molecular weight is 346 g/mol. The number of H-pyrrole nitrogens is 1. The number of hydrogen-bond donors (Lipinski definition) is 4. The van der Waals surface area contributed by atoms with Gasteiger partial charge in [0, 0.05) is 23.6 Å². The summed E-state index contributed by atoms with van der Waals surface area (Å²) in [5, 5.41) is 19.3. The molecule has 0 spiro atoms. The number of benzene rings is 1. The number of ether oxygens (including phenoxy) is 1. The molecule has 0 aliphatic rings. The lowest BCUT2D eigenvalue weighted by Crippen LogP contribution is -2.11. The van der Waals surface area contributed by atoms with E-state index in [1.807, 2.05) is 30.5 Å². The van der Waals surface area contributed by atoms with E-state index in [0.717, 1.165) is 30.1 Å². The van der Waals surface area contributed by atoms with Gasteiger partial charge in [0.2, 0.25) is 0 Å². The van der Waals surface area contributed by atoms with Crippen LogP contribution in [0.2, 0.25) is 0 Å². The molecule has 1 aromatic carbocycles. The molecule has 0 unspecified atom stereocenters. The maximum Gasteiger partial charge on any atom is 0.414 e. The number of nitrogens with one attached hydrogen (secondary N) is 2. The molecule has 25 heavy (non-hydrogen) atoms. The third-order valence-electron chi connectivity index (χ3n) is 3.35. The molecule has 0 atom stereocenters. The minimum atomic E-state index is -1.82. The molecule has 3 aromatic rings. The zero-order chi connectivity index (χ0) is 18.2. The fraction of sp³-hybridized carbons (Fsp3) is 0.176. The van der Waals surface area contributed by atoms with Gasteiger partial charge in [-0.15, -0.1) is 0 Å². The van der Waals surface area contributed by atoms with Crippen molar-refractivity contribution < 1.29 is 29.0 Å². The highest BCUT2D eigenvalue weighted by atomic mass is 16.5. The van der Waals surface area contributed by atoms with E-state index in [1.54, 1.807) is 13.4 Å². The number of furan rings is 1. The van der Waals surface area contributed by atoms with E-state index in [0.29, 0.717) is 0 Å². The van der Waals surface area contributed by atoms with Gasteiger partial charge in [0.15, 0.2) is 0 Å². The minimum Gasteiger partial charge on any atom is -0.497 e. The van der Waals surface area contributed by atoms with Crippen LogP contribution in [-0.4, -0.2) is 34.2 Å². The monoisotopic (exact) mass is 346 g/mol. The normalized spacial score (nSPS) is 10.1. The fourth-order valence-electron chi connectivity index (χ4n) is 2.16. The number of aromatic amines is 1. The first-order chi connectivity index (χ1) is 12.0. The number of rotatable bonds is 5. The van der Waals surface area contributed by atoms with Gasteiger partial charge in [0.1, 0.15) is 11.5 Å². The zero-order valence-corrected chi connectivity index (χ0v) is 13.5. The Kier molecular flexibility index (Phi) is 6.19. The quantitative estimate of drug-likeness (QED) is 0.522. The Bertz CT molecular complexity index is 826. The van der Waals surface area contributed by atoms with Gasteiger partial charge in [-0.3, -0.25) is 0 Å². The molecule has 0 radical (unpaired) electrons. The Labute approximate surface area is 143 Å². The predicted molar refractivity (Wildman–Crippen MR) is 89.4 cm³/mol. The number of methoxy groups -OCH3 is 1. The lowest BCUT2D eigenvalue weighted by molar-refractivity contribution is -0.159. The Hall–Kier alpha value is -3.26. The molecule has 2 aromatic heterocycles. The lowest BCUT2D eigenvalue weighted by atomic mass is 10.1. The molecule has 0 saturated carbocycles. The molecule has 3 rings (SSSR count). The van der Waals surface area contributed by atoms with E-state index < -0.39 is 11.9 Å². The summed E-state index contributed by atoms with van der Waals surface area (Å²) in [5.74, 6) is -1.83. The van der Waals surface area contributed by atoms with Crippen LogP contribution in [0.5, 0.6) is 5.75 Å². The first kappa shape index (κ1) is 18.1. The molecule has 0 amide bonds. The van der Waals surface area contributed by atoms with Crippen LogP contribution >= 0.6 is 0 Å². The summed E-state index contributed by atoms with van der Waals surface area (Å²) in [4.78, 5) is 21.5. The van der Waals surface area contributed by atoms with Crippen LogP contribution in [0.15, 0.2) is 47.2 Å². The smallest absolute Gasteiger partial charge is 0.414 e. The number of aliphatic carboxylic acids is 2. The summed E-state index contributed by atoms with van der Waals surface area (Å²) in [5.41, 5.74) is 2.34. The van der Waals surface area contributed by atoms with E-state index in [-0.39, 0.29) is 0 Å². The number of carboxylic acids is 2. The average Bonchev–Trinajstić information content (AvgIpc) is 3.25. The van der Waals surface area contributed by atoms with E-state index in [4.69, 9.17) is 29.0 Å². The maximum absolute atomic E-state index is 9.10. The molecule has 132 valence electrons. The van der Waals surface area contributed by atoms with Gasteiger partial charge in [-0.25, -0.2) is 9.59 Å². The highest BCUT2D eigenvalue weighted by molar-refractivity contribution is 6.27. The zero-order valence-electron chi connectivity index (χ0n) is 13.5. The SMILES string of the molecule is COc1ccc2[nH]cc(CNCc3ccco3)c2c1.O=C(O)C(=O)O. The second-order valence-corrected chi connectivity index (χ2v) is 5.02. The van der Waals surface area contributed by atoms with Crippen LogP contribution in [0, 0.1) is 0 Å². The van der Waals surface area contributed by atoms with Crippen molar-refractivity contribution in [2.45, 2.75) is 13.1 Å². The van der Waals surface area contributed by atoms with Crippen molar-refractivity contribution >= 4 is 22.8 Å². The Balaban J connectivity index is 0.000000326. The van der Waals surface area contributed by atoms with Gasteiger partial charge in [-0.1, -0.05) is 0 Å². The predicted octanol–water partition coefficient (Wildman–Crippen LogP) is 2.21. The van der Waals surface area contributed by atoms with Crippen molar-refractivity contribution in [3.05, 3.63) is 54.1 Å².